The molecular weight excluding hydrogens is 248 g/mol. The minimum atomic E-state index is 0.803. The molecule has 1 fully saturated rings. The van der Waals surface area contributed by atoms with Crippen LogP contribution < -0.4 is 5.32 Å². The van der Waals surface area contributed by atoms with Gasteiger partial charge in [-0.1, -0.05) is 31.5 Å². The predicted molar refractivity (Wildman–Crippen MR) is 79.6 cm³/mol. The molecule has 4 heteroatoms. The molecule has 0 spiro atoms. The van der Waals surface area contributed by atoms with E-state index in [1.54, 1.807) is 4.80 Å². The Bertz CT molecular complexity index is 534. The molecule has 3 rings (SSSR count). The van der Waals surface area contributed by atoms with Crippen LogP contribution in [0, 0.1) is 11.8 Å². The maximum atomic E-state index is 4.50. The van der Waals surface area contributed by atoms with Crippen LogP contribution in [-0.2, 0) is 6.54 Å². The number of aromatic nitrogens is 3. The van der Waals surface area contributed by atoms with Crippen molar-refractivity contribution in [2.24, 2.45) is 11.8 Å². The lowest BCUT2D eigenvalue weighted by Crippen LogP contribution is -2.21. The zero-order valence-electron chi connectivity index (χ0n) is 12.0. The highest BCUT2D eigenvalue weighted by atomic mass is 15.5. The molecular formula is C16H22N4. The Morgan fingerprint density at radius 2 is 2.10 bits per heavy atom. The Labute approximate surface area is 120 Å². The highest BCUT2D eigenvalue weighted by Gasteiger charge is 2.20. The third kappa shape index (κ3) is 3.25. The van der Waals surface area contributed by atoms with Gasteiger partial charge in [0, 0.05) is 6.54 Å². The molecule has 1 aliphatic carbocycles. The topological polar surface area (TPSA) is 42.7 Å². The fourth-order valence-electron chi connectivity index (χ4n) is 2.98. The Balaban J connectivity index is 1.50. The molecule has 1 aromatic heterocycles. The van der Waals surface area contributed by atoms with E-state index >= 15 is 0 Å². The fraction of sp³-hybridized carbons (Fsp3) is 0.500. The fourth-order valence-corrected chi connectivity index (χ4v) is 2.98. The van der Waals surface area contributed by atoms with E-state index < -0.39 is 0 Å². The van der Waals surface area contributed by atoms with Crippen LogP contribution in [0.1, 0.15) is 31.9 Å². The average molecular weight is 270 g/mol. The molecule has 1 aromatic carbocycles. The second-order valence-electron chi connectivity index (χ2n) is 5.88. The van der Waals surface area contributed by atoms with E-state index in [9.17, 15) is 0 Å². The van der Waals surface area contributed by atoms with Gasteiger partial charge in [-0.05, 0) is 43.4 Å². The molecule has 1 aliphatic rings. The van der Waals surface area contributed by atoms with Gasteiger partial charge >= 0.3 is 0 Å². The highest BCUT2D eigenvalue weighted by molar-refractivity contribution is 5.28. The quantitative estimate of drug-likeness (QED) is 0.908. The number of benzene rings is 1. The summed E-state index contributed by atoms with van der Waals surface area (Å²) in [5.41, 5.74) is 2.00. The summed E-state index contributed by atoms with van der Waals surface area (Å²) >= 11 is 0. The number of hydrogen-bond acceptors (Lipinski definition) is 3. The first-order chi connectivity index (χ1) is 9.81. The van der Waals surface area contributed by atoms with Gasteiger partial charge in [0.05, 0.1) is 17.6 Å². The van der Waals surface area contributed by atoms with Crippen LogP contribution >= 0.6 is 0 Å². The summed E-state index contributed by atoms with van der Waals surface area (Å²) in [4.78, 5) is 1.69. The molecule has 1 N–H and O–H groups in total. The van der Waals surface area contributed by atoms with E-state index in [-0.39, 0.29) is 0 Å². The van der Waals surface area contributed by atoms with E-state index in [1.807, 2.05) is 36.5 Å². The number of nitrogens with one attached hydrogen (secondary N) is 1. The third-order valence-corrected chi connectivity index (χ3v) is 4.07. The second kappa shape index (κ2) is 6.18. The van der Waals surface area contributed by atoms with Gasteiger partial charge in [-0.3, -0.25) is 0 Å². The van der Waals surface area contributed by atoms with Crippen LogP contribution in [0.5, 0.6) is 0 Å². The smallest absolute Gasteiger partial charge is 0.0969 e. The summed E-state index contributed by atoms with van der Waals surface area (Å²) in [5.74, 6) is 1.75. The molecule has 4 nitrogen and oxygen atoms in total. The molecule has 2 aromatic rings. The van der Waals surface area contributed by atoms with Crippen molar-refractivity contribution < 1.29 is 0 Å². The molecule has 2 atom stereocenters. The summed E-state index contributed by atoms with van der Waals surface area (Å²) in [5, 5.41) is 12.3. The van der Waals surface area contributed by atoms with Gasteiger partial charge in [0.2, 0.25) is 0 Å². The zero-order chi connectivity index (χ0) is 13.8. The molecule has 0 amide bonds. The first kappa shape index (κ1) is 13.3. The van der Waals surface area contributed by atoms with E-state index in [4.69, 9.17) is 0 Å². The molecule has 0 aliphatic heterocycles. The lowest BCUT2D eigenvalue weighted by Gasteiger charge is -2.09. The molecule has 0 bridgehead atoms. The number of rotatable bonds is 5. The molecule has 1 saturated carbocycles. The van der Waals surface area contributed by atoms with E-state index in [2.05, 4.69) is 22.4 Å². The summed E-state index contributed by atoms with van der Waals surface area (Å²) in [6.45, 7) is 4.26. The van der Waals surface area contributed by atoms with Gasteiger partial charge < -0.3 is 5.32 Å². The molecule has 106 valence electrons. The number of para-hydroxylation sites is 1. The normalized spacial score (nSPS) is 22.2. The summed E-state index contributed by atoms with van der Waals surface area (Å²) in [6.07, 6.45) is 5.96. The first-order valence-electron chi connectivity index (χ1n) is 7.48. The Morgan fingerprint density at radius 1 is 1.25 bits per heavy atom. The maximum Gasteiger partial charge on any atom is 0.0969 e. The Kier molecular flexibility index (Phi) is 4.11. The average Bonchev–Trinajstić information content (AvgIpc) is 3.09. The lowest BCUT2D eigenvalue weighted by atomic mass is 10.1. The molecule has 20 heavy (non-hydrogen) atoms. The SMILES string of the molecule is CC1CCC(CNCc2cnn(-c3ccccc3)n2)C1. The van der Waals surface area contributed by atoms with Crippen molar-refractivity contribution in [2.75, 3.05) is 6.54 Å². The number of hydrogen-bond donors (Lipinski definition) is 1. The number of nitrogens with zero attached hydrogens (tertiary/aromatic N) is 3. The summed E-state index contributed by atoms with van der Waals surface area (Å²) in [6, 6.07) is 10.0. The van der Waals surface area contributed by atoms with Gasteiger partial charge in [0.25, 0.3) is 0 Å². The predicted octanol–water partition coefficient (Wildman–Crippen LogP) is 2.79. The van der Waals surface area contributed by atoms with Crippen molar-refractivity contribution in [2.45, 2.75) is 32.7 Å². The van der Waals surface area contributed by atoms with Crippen molar-refractivity contribution in [3.63, 3.8) is 0 Å². The monoisotopic (exact) mass is 270 g/mol. The summed E-state index contributed by atoms with van der Waals surface area (Å²) < 4.78 is 0. The van der Waals surface area contributed by atoms with E-state index in [0.29, 0.717) is 0 Å². The summed E-state index contributed by atoms with van der Waals surface area (Å²) in [7, 11) is 0. The van der Waals surface area contributed by atoms with Gasteiger partial charge in [-0.25, -0.2) is 0 Å². The minimum Gasteiger partial charge on any atom is -0.311 e. The Morgan fingerprint density at radius 3 is 2.85 bits per heavy atom. The first-order valence-corrected chi connectivity index (χ1v) is 7.48. The maximum absolute atomic E-state index is 4.50. The van der Waals surface area contributed by atoms with Crippen LogP contribution in [-0.4, -0.2) is 21.5 Å². The van der Waals surface area contributed by atoms with Crippen LogP contribution in [0.15, 0.2) is 36.5 Å². The van der Waals surface area contributed by atoms with E-state index in [1.165, 1.54) is 19.3 Å². The van der Waals surface area contributed by atoms with Gasteiger partial charge in [0.15, 0.2) is 0 Å². The van der Waals surface area contributed by atoms with Crippen molar-refractivity contribution in [3.05, 3.63) is 42.2 Å². The minimum absolute atomic E-state index is 0.803. The Hall–Kier alpha value is -1.68. The molecule has 0 saturated heterocycles. The van der Waals surface area contributed by atoms with Crippen LogP contribution in [0.2, 0.25) is 0 Å². The second-order valence-corrected chi connectivity index (χ2v) is 5.88. The molecule has 2 unspecified atom stereocenters. The molecule has 0 radical (unpaired) electrons. The zero-order valence-corrected chi connectivity index (χ0v) is 12.0. The van der Waals surface area contributed by atoms with Gasteiger partial charge in [-0.2, -0.15) is 15.0 Å². The third-order valence-electron chi connectivity index (χ3n) is 4.07. The standard InChI is InChI=1S/C16H22N4/c1-13-7-8-14(9-13)10-17-11-15-12-18-20(19-15)16-5-3-2-4-6-16/h2-6,12-14,17H,7-11H2,1H3. The van der Waals surface area contributed by atoms with Crippen molar-refractivity contribution in [1.82, 2.24) is 20.3 Å². The largest absolute Gasteiger partial charge is 0.311 e. The highest BCUT2D eigenvalue weighted by Crippen LogP contribution is 2.29. The van der Waals surface area contributed by atoms with Crippen molar-refractivity contribution >= 4 is 0 Å². The van der Waals surface area contributed by atoms with Crippen LogP contribution in [0.4, 0.5) is 0 Å². The van der Waals surface area contributed by atoms with Crippen LogP contribution in [0.3, 0.4) is 0 Å². The molecule has 1 heterocycles. The van der Waals surface area contributed by atoms with Gasteiger partial charge in [-0.15, -0.1) is 0 Å². The van der Waals surface area contributed by atoms with Crippen LogP contribution in [0.25, 0.3) is 5.69 Å². The lowest BCUT2D eigenvalue weighted by molar-refractivity contribution is 0.468. The van der Waals surface area contributed by atoms with Crippen molar-refractivity contribution in [3.8, 4) is 5.69 Å². The van der Waals surface area contributed by atoms with E-state index in [0.717, 1.165) is 36.3 Å². The van der Waals surface area contributed by atoms with Crippen molar-refractivity contribution in [1.29, 1.82) is 0 Å². The van der Waals surface area contributed by atoms with Gasteiger partial charge in [0.1, 0.15) is 0 Å².